The zero-order chi connectivity index (χ0) is 21.3. The summed E-state index contributed by atoms with van der Waals surface area (Å²) >= 11 is 0. The van der Waals surface area contributed by atoms with Gasteiger partial charge in [-0.1, -0.05) is 0 Å². The molecule has 4 rings (SSSR count). The number of benzene rings is 1. The summed E-state index contributed by atoms with van der Waals surface area (Å²) in [7, 11) is 3.19. The number of halogens is 1. The Kier molecular flexibility index (Phi) is 5.20. The SMILES string of the molecule is COc1ccc(-n2c3c(cc(-c4ccc(=O)n(C)c4)c2=O)C=NC(NCF)N3)cc1. The van der Waals surface area contributed by atoms with Gasteiger partial charge < -0.3 is 14.6 Å². The molecule has 1 unspecified atom stereocenters. The van der Waals surface area contributed by atoms with E-state index < -0.39 is 13.1 Å². The molecule has 9 heteroatoms. The van der Waals surface area contributed by atoms with Crippen LogP contribution in [0.2, 0.25) is 0 Å². The van der Waals surface area contributed by atoms with Gasteiger partial charge in [-0.2, -0.15) is 0 Å². The summed E-state index contributed by atoms with van der Waals surface area (Å²) in [5, 5.41) is 5.61. The first kappa shape index (κ1) is 19.6. The summed E-state index contributed by atoms with van der Waals surface area (Å²) in [6, 6.07) is 11.8. The molecule has 1 aliphatic rings. The second-order valence-corrected chi connectivity index (χ2v) is 6.73. The molecule has 1 atom stereocenters. The number of pyridine rings is 2. The van der Waals surface area contributed by atoms with Gasteiger partial charge in [0.15, 0.2) is 6.29 Å². The minimum absolute atomic E-state index is 0.171. The van der Waals surface area contributed by atoms with E-state index in [1.165, 1.54) is 15.2 Å². The third-order valence-corrected chi connectivity index (χ3v) is 4.86. The quantitative estimate of drug-likeness (QED) is 0.628. The lowest BCUT2D eigenvalue weighted by Crippen LogP contribution is -2.39. The molecule has 0 saturated carbocycles. The molecule has 0 aliphatic carbocycles. The summed E-state index contributed by atoms with van der Waals surface area (Å²) in [5.74, 6) is 1.14. The van der Waals surface area contributed by atoms with Crippen LogP contribution >= 0.6 is 0 Å². The third kappa shape index (κ3) is 3.50. The Balaban J connectivity index is 1.95. The molecule has 3 heterocycles. The highest BCUT2D eigenvalue weighted by Crippen LogP contribution is 2.26. The monoisotopic (exact) mass is 409 g/mol. The number of anilines is 1. The van der Waals surface area contributed by atoms with Crippen molar-refractivity contribution in [3.05, 3.63) is 74.9 Å². The lowest BCUT2D eigenvalue weighted by molar-refractivity contribution is 0.395. The van der Waals surface area contributed by atoms with E-state index in [2.05, 4.69) is 15.6 Å². The fourth-order valence-electron chi connectivity index (χ4n) is 3.32. The van der Waals surface area contributed by atoms with Gasteiger partial charge in [0.25, 0.3) is 5.56 Å². The maximum atomic E-state index is 13.5. The Labute approximate surface area is 171 Å². The van der Waals surface area contributed by atoms with Gasteiger partial charge in [-0.05, 0) is 36.4 Å². The first-order valence-corrected chi connectivity index (χ1v) is 9.22. The van der Waals surface area contributed by atoms with Crippen LogP contribution in [0, 0.1) is 0 Å². The third-order valence-electron chi connectivity index (χ3n) is 4.86. The Morgan fingerprint density at radius 3 is 2.63 bits per heavy atom. The smallest absolute Gasteiger partial charge is 0.264 e. The molecule has 1 aliphatic heterocycles. The van der Waals surface area contributed by atoms with Crippen molar-refractivity contribution in [2.75, 3.05) is 19.2 Å². The van der Waals surface area contributed by atoms with Crippen molar-refractivity contribution in [3.63, 3.8) is 0 Å². The summed E-state index contributed by atoms with van der Waals surface area (Å²) in [6.07, 6.45) is 2.50. The van der Waals surface area contributed by atoms with Gasteiger partial charge in [0.05, 0.1) is 12.8 Å². The molecule has 0 radical (unpaired) electrons. The van der Waals surface area contributed by atoms with Crippen molar-refractivity contribution in [2.24, 2.45) is 12.0 Å². The molecule has 8 nitrogen and oxygen atoms in total. The van der Waals surface area contributed by atoms with E-state index in [0.717, 1.165) is 0 Å². The average Bonchev–Trinajstić information content (AvgIpc) is 2.76. The van der Waals surface area contributed by atoms with Crippen LogP contribution in [-0.4, -0.2) is 35.5 Å². The van der Waals surface area contributed by atoms with Crippen molar-refractivity contribution >= 4 is 12.0 Å². The summed E-state index contributed by atoms with van der Waals surface area (Å²) in [6.45, 7) is -0.771. The number of aliphatic imine (C=N–C) groups is 1. The van der Waals surface area contributed by atoms with Crippen LogP contribution in [0.1, 0.15) is 5.56 Å². The summed E-state index contributed by atoms with van der Waals surface area (Å²) in [5.41, 5.74) is 1.81. The van der Waals surface area contributed by atoms with Gasteiger partial charge in [-0.15, -0.1) is 0 Å². The molecule has 154 valence electrons. The lowest BCUT2D eigenvalue weighted by atomic mass is 10.1. The fraction of sp³-hybridized carbons (Fsp3) is 0.190. The van der Waals surface area contributed by atoms with E-state index in [1.54, 1.807) is 63.0 Å². The maximum absolute atomic E-state index is 13.5. The molecule has 2 N–H and O–H groups in total. The van der Waals surface area contributed by atoms with E-state index in [9.17, 15) is 14.0 Å². The molecule has 1 aromatic carbocycles. The Morgan fingerprint density at radius 1 is 1.20 bits per heavy atom. The second-order valence-electron chi connectivity index (χ2n) is 6.73. The van der Waals surface area contributed by atoms with E-state index in [-0.39, 0.29) is 11.1 Å². The average molecular weight is 409 g/mol. The Morgan fingerprint density at radius 2 is 1.97 bits per heavy atom. The summed E-state index contributed by atoms with van der Waals surface area (Å²) in [4.78, 5) is 29.5. The Hall–Kier alpha value is -3.72. The topological polar surface area (TPSA) is 89.7 Å². The highest BCUT2D eigenvalue weighted by molar-refractivity contribution is 5.91. The van der Waals surface area contributed by atoms with Crippen molar-refractivity contribution in [1.82, 2.24) is 14.5 Å². The van der Waals surface area contributed by atoms with Gasteiger partial charge in [-0.25, -0.2) is 4.39 Å². The first-order chi connectivity index (χ1) is 14.5. The van der Waals surface area contributed by atoms with Crippen LogP contribution in [0.4, 0.5) is 10.2 Å². The zero-order valence-electron chi connectivity index (χ0n) is 16.4. The minimum Gasteiger partial charge on any atom is -0.497 e. The van der Waals surface area contributed by atoms with Gasteiger partial charge in [-0.3, -0.25) is 24.5 Å². The summed E-state index contributed by atoms with van der Waals surface area (Å²) < 4.78 is 20.9. The molecule has 0 fully saturated rings. The maximum Gasteiger partial charge on any atom is 0.264 e. The number of fused-ring (bicyclic) bond motifs is 1. The van der Waals surface area contributed by atoms with Crippen LogP contribution in [0.25, 0.3) is 16.8 Å². The number of nitrogens with zero attached hydrogens (tertiary/aromatic N) is 3. The van der Waals surface area contributed by atoms with Crippen molar-refractivity contribution < 1.29 is 9.13 Å². The molecular formula is C21H20FN5O3. The first-order valence-electron chi connectivity index (χ1n) is 9.22. The van der Waals surface area contributed by atoms with E-state index in [4.69, 9.17) is 4.74 Å². The number of alkyl halides is 1. The molecule has 0 bridgehead atoms. The molecule has 0 spiro atoms. The minimum atomic E-state index is -0.771. The number of methoxy groups -OCH3 is 1. The van der Waals surface area contributed by atoms with Crippen LogP contribution in [0.3, 0.4) is 0 Å². The van der Waals surface area contributed by atoms with Gasteiger partial charge in [0, 0.05) is 42.2 Å². The van der Waals surface area contributed by atoms with Crippen LogP contribution in [0.5, 0.6) is 5.75 Å². The van der Waals surface area contributed by atoms with E-state index in [1.807, 2.05) is 0 Å². The van der Waals surface area contributed by atoms with E-state index in [0.29, 0.717) is 33.9 Å². The predicted octanol–water partition coefficient (Wildman–Crippen LogP) is 1.86. The molecule has 2 aromatic heterocycles. The molecule has 30 heavy (non-hydrogen) atoms. The molecule has 0 saturated heterocycles. The lowest BCUT2D eigenvalue weighted by Gasteiger charge is -2.25. The normalized spacial score (nSPS) is 14.8. The van der Waals surface area contributed by atoms with E-state index >= 15 is 0 Å². The Bertz CT molecular complexity index is 1230. The predicted molar refractivity (Wildman–Crippen MR) is 113 cm³/mol. The molecule has 0 amide bonds. The van der Waals surface area contributed by atoms with Crippen LogP contribution in [-0.2, 0) is 7.05 Å². The van der Waals surface area contributed by atoms with Crippen LogP contribution < -0.4 is 26.5 Å². The van der Waals surface area contributed by atoms with Crippen LogP contribution in [0.15, 0.2) is 63.2 Å². The van der Waals surface area contributed by atoms with Crippen molar-refractivity contribution in [2.45, 2.75) is 6.29 Å². The molecule has 3 aromatic rings. The highest BCUT2D eigenvalue weighted by Gasteiger charge is 2.22. The zero-order valence-corrected chi connectivity index (χ0v) is 16.4. The molecular weight excluding hydrogens is 389 g/mol. The number of rotatable bonds is 5. The van der Waals surface area contributed by atoms with Gasteiger partial charge in [0.2, 0.25) is 5.56 Å². The van der Waals surface area contributed by atoms with Gasteiger partial charge >= 0.3 is 0 Å². The number of nitrogens with one attached hydrogen (secondary N) is 2. The number of aryl methyl sites for hydroxylation is 1. The van der Waals surface area contributed by atoms with Crippen molar-refractivity contribution in [1.29, 1.82) is 0 Å². The number of hydrogen-bond acceptors (Lipinski definition) is 6. The highest BCUT2D eigenvalue weighted by atomic mass is 19.1. The second kappa shape index (κ2) is 7.96. The number of ether oxygens (including phenoxy) is 1. The fourth-order valence-corrected chi connectivity index (χ4v) is 3.32. The largest absolute Gasteiger partial charge is 0.497 e. The standard InChI is InChI=1S/C21H20FN5O3/c1-26-11-13(3-8-18(26)28)17-9-14-10-23-21(24-12-22)25-19(14)27(20(17)29)15-4-6-16(30-2)7-5-15/h3-11,21,24-25H,12H2,1-2H3. The number of hydrogen-bond donors (Lipinski definition) is 2. The van der Waals surface area contributed by atoms with Gasteiger partial charge in [0.1, 0.15) is 18.4 Å². The number of aromatic nitrogens is 2. The van der Waals surface area contributed by atoms with Crippen molar-refractivity contribution in [3.8, 4) is 22.6 Å².